The average molecular weight is 411 g/mol. The molecule has 0 spiro atoms. The minimum atomic E-state index is -4.40. The second-order valence-corrected chi connectivity index (χ2v) is 7.76. The third-order valence-corrected chi connectivity index (χ3v) is 5.56. The van der Waals surface area contributed by atoms with E-state index in [1.807, 2.05) is 6.92 Å². The normalized spacial score (nSPS) is 22.8. The molecule has 158 valence electrons. The summed E-state index contributed by atoms with van der Waals surface area (Å²) in [6, 6.07) is 4.23. The summed E-state index contributed by atoms with van der Waals surface area (Å²) < 4.78 is 38.2. The Hall–Kier alpha value is -2.58. The monoisotopic (exact) mass is 411 g/mol. The molecule has 0 aromatic heterocycles. The Morgan fingerprint density at radius 1 is 1.24 bits per heavy atom. The van der Waals surface area contributed by atoms with Crippen LogP contribution >= 0.6 is 0 Å². The van der Waals surface area contributed by atoms with Gasteiger partial charge in [-0.25, -0.2) is 4.79 Å². The van der Waals surface area contributed by atoms with Crippen LogP contribution in [0, 0.1) is 11.8 Å². The van der Waals surface area contributed by atoms with E-state index in [9.17, 15) is 27.6 Å². The number of amides is 4. The number of urea groups is 1. The molecular weight excluding hydrogens is 387 g/mol. The topological polar surface area (TPSA) is 87.3 Å². The average Bonchev–Trinajstić information content (AvgIpc) is 3.45. The van der Waals surface area contributed by atoms with E-state index in [-0.39, 0.29) is 18.4 Å². The van der Waals surface area contributed by atoms with Gasteiger partial charge in [0.15, 0.2) is 0 Å². The quantitative estimate of drug-likeness (QED) is 0.575. The standard InChI is InChI=1S/C20H24F3N3O3/c1-2-3-13(10-12-4-6-15(7-5-12)20(21,22)23)16(27)24-11-19(14-8-9-14)17(28)25-18(29)26-19/h4-7,13-14H,2-3,8-11H2,1H3,(H,24,27)(H2,25,26,28,29)/t13-,19+/m1/s1. The maximum Gasteiger partial charge on any atom is 0.416 e. The first-order valence-electron chi connectivity index (χ1n) is 9.73. The van der Waals surface area contributed by atoms with Crippen molar-refractivity contribution in [3.63, 3.8) is 0 Å². The maximum absolute atomic E-state index is 12.8. The lowest BCUT2D eigenvalue weighted by Crippen LogP contribution is -2.57. The second kappa shape index (κ2) is 8.04. The van der Waals surface area contributed by atoms with Gasteiger partial charge in [0, 0.05) is 5.92 Å². The van der Waals surface area contributed by atoms with E-state index >= 15 is 0 Å². The van der Waals surface area contributed by atoms with Crippen LogP contribution in [0.3, 0.4) is 0 Å². The molecule has 9 heteroatoms. The van der Waals surface area contributed by atoms with Crippen molar-refractivity contribution in [3.05, 3.63) is 35.4 Å². The van der Waals surface area contributed by atoms with E-state index in [1.54, 1.807) is 0 Å². The Morgan fingerprint density at radius 2 is 1.90 bits per heavy atom. The van der Waals surface area contributed by atoms with Crippen LogP contribution in [0.2, 0.25) is 0 Å². The molecule has 0 bridgehead atoms. The summed E-state index contributed by atoms with van der Waals surface area (Å²) >= 11 is 0. The molecule has 2 atom stereocenters. The molecule has 1 heterocycles. The van der Waals surface area contributed by atoms with Crippen molar-refractivity contribution < 1.29 is 27.6 Å². The van der Waals surface area contributed by atoms with Crippen LogP contribution in [-0.4, -0.2) is 29.9 Å². The van der Waals surface area contributed by atoms with Crippen LogP contribution in [0.4, 0.5) is 18.0 Å². The molecule has 3 N–H and O–H groups in total. The number of imide groups is 1. The van der Waals surface area contributed by atoms with Crippen LogP contribution in [0.1, 0.15) is 43.7 Å². The van der Waals surface area contributed by atoms with Crippen LogP contribution in [0.15, 0.2) is 24.3 Å². The fourth-order valence-corrected chi connectivity index (χ4v) is 3.80. The molecule has 6 nitrogen and oxygen atoms in total. The third kappa shape index (κ3) is 4.71. The van der Waals surface area contributed by atoms with Crippen molar-refractivity contribution in [1.29, 1.82) is 0 Å². The van der Waals surface area contributed by atoms with E-state index in [4.69, 9.17) is 0 Å². The molecule has 1 aromatic rings. The summed E-state index contributed by atoms with van der Waals surface area (Å²) in [7, 11) is 0. The van der Waals surface area contributed by atoms with Gasteiger partial charge in [0.1, 0.15) is 5.54 Å². The Kier molecular flexibility index (Phi) is 5.86. The number of hydrogen-bond acceptors (Lipinski definition) is 3. The molecule has 3 rings (SSSR count). The van der Waals surface area contributed by atoms with Gasteiger partial charge in [-0.2, -0.15) is 13.2 Å². The highest BCUT2D eigenvalue weighted by Gasteiger charge is 2.56. The van der Waals surface area contributed by atoms with Crippen molar-refractivity contribution in [2.24, 2.45) is 11.8 Å². The van der Waals surface area contributed by atoms with Gasteiger partial charge in [-0.05, 0) is 49.3 Å². The Bertz CT molecular complexity index is 790. The molecule has 1 aliphatic heterocycles. The summed E-state index contributed by atoms with van der Waals surface area (Å²) in [5.41, 5.74) is -1.21. The number of carbonyl (C=O) groups is 3. The lowest BCUT2D eigenvalue weighted by Gasteiger charge is -2.27. The van der Waals surface area contributed by atoms with Gasteiger partial charge in [0.25, 0.3) is 5.91 Å². The van der Waals surface area contributed by atoms with E-state index in [1.165, 1.54) is 12.1 Å². The van der Waals surface area contributed by atoms with Gasteiger partial charge < -0.3 is 10.6 Å². The molecule has 1 aliphatic carbocycles. The number of nitrogens with one attached hydrogen (secondary N) is 3. The highest BCUT2D eigenvalue weighted by Crippen LogP contribution is 2.41. The summed E-state index contributed by atoms with van der Waals surface area (Å²) in [5.74, 6) is -1.15. The van der Waals surface area contributed by atoms with Crippen molar-refractivity contribution in [2.45, 2.75) is 50.7 Å². The molecule has 29 heavy (non-hydrogen) atoms. The van der Waals surface area contributed by atoms with E-state index in [2.05, 4.69) is 16.0 Å². The first-order valence-corrected chi connectivity index (χ1v) is 9.73. The van der Waals surface area contributed by atoms with Crippen molar-refractivity contribution in [1.82, 2.24) is 16.0 Å². The fourth-order valence-electron chi connectivity index (χ4n) is 3.80. The van der Waals surface area contributed by atoms with Crippen molar-refractivity contribution in [2.75, 3.05) is 6.54 Å². The maximum atomic E-state index is 12.8. The summed E-state index contributed by atoms with van der Waals surface area (Å²) in [4.78, 5) is 36.6. The predicted octanol–water partition coefficient (Wildman–Crippen LogP) is 2.77. The van der Waals surface area contributed by atoms with Crippen LogP contribution < -0.4 is 16.0 Å². The van der Waals surface area contributed by atoms with Gasteiger partial charge >= 0.3 is 12.2 Å². The number of rotatable bonds is 8. The Labute approximate surface area is 166 Å². The molecular formula is C20H24F3N3O3. The summed E-state index contributed by atoms with van der Waals surface area (Å²) in [6.45, 7) is 1.92. The van der Waals surface area contributed by atoms with Crippen LogP contribution in [-0.2, 0) is 22.2 Å². The van der Waals surface area contributed by atoms with E-state index in [0.717, 1.165) is 31.4 Å². The SMILES string of the molecule is CCC[C@H](Cc1ccc(C(F)(F)F)cc1)C(=O)NC[C@@]1(C2CC2)NC(=O)NC1=O. The van der Waals surface area contributed by atoms with Gasteiger partial charge in [-0.1, -0.05) is 25.5 Å². The fraction of sp³-hybridized carbons (Fsp3) is 0.550. The van der Waals surface area contributed by atoms with Crippen molar-refractivity contribution in [3.8, 4) is 0 Å². The lowest BCUT2D eigenvalue weighted by molar-refractivity contribution is -0.137. The zero-order chi connectivity index (χ0) is 21.2. The smallest absolute Gasteiger partial charge is 0.353 e. The minimum absolute atomic E-state index is 0.00129. The zero-order valence-corrected chi connectivity index (χ0v) is 16.1. The van der Waals surface area contributed by atoms with Gasteiger partial charge in [0.05, 0.1) is 12.1 Å². The molecule has 4 amide bonds. The zero-order valence-electron chi connectivity index (χ0n) is 16.1. The summed E-state index contributed by atoms with van der Waals surface area (Å²) in [5, 5.41) is 7.67. The predicted molar refractivity (Wildman–Crippen MR) is 98.7 cm³/mol. The molecule has 2 aliphatic rings. The van der Waals surface area contributed by atoms with Crippen LogP contribution in [0.25, 0.3) is 0 Å². The minimum Gasteiger partial charge on any atom is -0.353 e. The molecule has 1 aromatic carbocycles. The number of benzene rings is 1. The second-order valence-electron chi connectivity index (χ2n) is 7.76. The highest BCUT2D eigenvalue weighted by atomic mass is 19.4. The Balaban J connectivity index is 1.65. The molecule has 0 unspecified atom stereocenters. The molecule has 2 fully saturated rings. The molecule has 1 saturated heterocycles. The third-order valence-electron chi connectivity index (χ3n) is 5.56. The Morgan fingerprint density at radius 3 is 2.38 bits per heavy atom. The number of halogens is 3. The van der Waals surface area contributed by atoms with Gasteiger partial charge in [0.2, 0.25) is 5.91 Å². The number of carbonyl (C=O) groups excluding carboxylic acids is 3. The lowest BCUT2D eigenvalue weighted by atomic mass is 9.91. The van der Waals surface area contributed by atoms with Crippen molar-refractivity contribution >= 4 is 17.8 Å². The first kappa shape index (κ1) is 21.1. The molecule has 1 saturated carbocycles. The van der Waals surface area contributed by atoms with Gasteiger partial charge in [-0.3, -0.25) is 14.9 Å². The first-order chi connectivity index (χ1) is 13.7. The number of hydrogen-bond donors (Lipinski definition) is 3. The van der Waals surface area contributed by atoms with Gasteiger partial charge in [-0.15, -0.1) is 0 Å². The highest BCUT2D eigenvalue weighted by molar-refractivity contribution is 6.07. The van der Waals surface area contributed by atoms with E-state index in [0.29, 0.717) is 18.4 Å². The van der Waals surface area contributed by atoms with Crippen LogP contribution in [0.5, 0.6) is 0 Å². The largest absolute Gasteiger partial charge is 0.416 e. The summed E-state index contributed by atoms with van der Waals surface area (Å²) in [6.07, 6.45) is -1.22. The van der Waals surface area contributed by atoms with E-state index < -0.39 is 35.1 Å². The number of alkyl halides is 3. The molecule has 0 radical (unpaired) electrons.